The molecule has 232 valence electrons. The Kier molecular flexibility index (Phi) is 6.59. The smallest absolute Gasteiger partial charge is 0.258 e. The molecule has 0 bridgehead atoms. The van der Waals surface area contributed by atoms with E-state index in [-0.39, 0.29) is 22.6 Å². The summed E-state index contributed by atoms with van der Waals surface area (Å²) in [5.74, 6) is -20.8. The van der Waals surface area contributed by atoms with Crippen LogP contribution in [0.1, 0.15) is 45.1 Å². The van der Waals surface area contributed by atoms with Gasteiger partial charge in [0.1, 0.15) is 11.4 Å². The number of phenols is 1. The summed E-state index contributed by atoms with van der Waals surface area (Å²) >= 11 is 14.1. The number of alkyl halides is 2. The Bertz CT molecular complexity index is 1700. The van der Waals surface area contributed by atoms with Crippen molar-refractivity contribution in [3.8, 4) is 5.75 Å². The lowest BCUT2D eigenvalue weighted by atomic mass is 9.56. The molecule has 0 radical (unpaired) electrons. The van der Waals surface area contributed by atoms with Crippen LogP contribution in [0.15, 0.2) is 35.9 Å². The molecule has 4 amide bonds. The highest BCUT2D eigenvalue weighted by atomic mass is 35.5. The zero-order valence-corrected chi connectivity index (χ0v) is 24.7. The number of nitrogens with zero attached hydrogens (tertiary/aromatic N) is 2. The Morgan fingerprint density at radius 3 is 1.91 bits per heavy atom. The monoisotopic (exact) mass is 656 g/mol. The van der Waals surface area contributed by atoms with Gasteiger partial charge in [0.2, 0.25) is 17.6 Å². The summed E-state index contributed by atoms with van der Waals surface area (Å²) in [7, 11) is 0. The number of amides is 4. The third-order valence-electron chi connectivity index (χ3n) is 9.12. The Hall–Kier alpha value is -3.51. The number of aromatic hydroxyl groups is 1. The highest BCUT2D eigenvalue weighted by Gasteiger charge is 2.77. The van der Waals surface area contributed by atoms with Gasteiger partial charge >= 0.3 is 0 Å². The van der Waals surface area contributed by atoms with E-state index < -0.39 is 104 Å². The van der Waals surface area contributed by atoms with Crippen molar-refractivity contribution in [3.05, 3.63) is 70.6 Å². The predicted molar refractivity (Wildman–Crippen MR) is 146 cm³/mol. The summed E-state index contributed by atoms with van der Waals surface area (Å²) in [6.07, 6.45) is 1.08. The first-order valence-corrected chi connectivity index (χ1v) is 14.3. The molecule has 0 aromatic heterocycles. The SMILES string of the molecule is CC(C)(C)N1C(=O)C2CC=C3C(CC4(Cl)C(=O)N(c5c(F)c(F)c(F)c(F)c5F)C(=O)C4(Cl)C3c3ccc(O)cc3)C2C1=O. The molecule has 6 atom stereocenters. The predicted octanol–water partition coefficient (Wildman–Crippen LogP) is 5.45. The minimum atomic E-state index is -2.60. The van der Waals surface area contributed by atoms with Gasteiger partial charge in [0.25, 0.3) is 11.8 Å². The lowest BCUT2D eigenvalue weighted by Gasteiger charge is -2.50. The second-order valence-corrected chi connectivity index (χ2v) is 13.7. The number of imide groups is 2. The molecule has 1 N–H and O–H groups in total. The van der Waals surface area contributed by atoms with Gasteiger partial charge in [0, 0.05) is 11.5 Å². The normalized spacial score (nSPS) is 31.7. The van der Waals surface area contributed by atoms with Crippen molar-refractivity contribution >= 4 is 52.5 Å². The molecule has 2 saturated heterocycles. The van der Waals surface area contributed by atoms with Crippen molar-refractivity contribution in [2.45, 2.75) is 54.8 Å². The molecule has 7 nitrogen and oxygen atoms in total. The van der Waals surface area contributed by atoms with Crippen LogP contribution in [0.3, 0.4) is 0 Å². The number of fused-ring (bicyclic) bond motifs is 4. The number of hydrogen-bond acceptors (Lipinski definition) is 5. The molecule has 2 aliphatic carbocycles. The van der Waals surface area contributed by atoms with E-state index in [0.717, 1.165) is 4.90 Å². The number of rotatable bonds is 2. The van der Waals surface area contributed by atoms with Gasteiger partial charge in [0.05, 0.1) is 11.8 Å². The van der Waals surface area contributed by atoms with Crippen LogP contribution < -0.4 is 4.90 Å². The van der Waals surface area contributed by atoms with E-state index in [4.69, 9.17) is 23.2 Å². The number of allylic oxidation sites excluding steroid dienone is 2. The lowest BCUT2D eigenvalue weighted by molar-refractivity contribution is -0.145. The van der Waals surface area contributed by atoms with Crippen molar-refractivity contribution in [3.63, 3.8) is 0 Å². The second-order valence-electron chi connectivity index (χ2n) is 12.5. The lowest BCUT2D eigenvalue weighted by Crippen LogP contribution is -2.60. The maximum atomic E-state index is 15.0. The van der Waals surface area contributed by atoms with Gasteiger partial charge in [-0.3, -0.25) is 24.1 Å². The average Bonchev–Trinajstić information content (AvgIpc) is 3.30. The molecule has 4 aliphatic rings. The first-order valence-electron chi connectivity index (χ1n) is 13.5. The minimum absolute atomic E-state index is 0.0496. The topological polar surface area (TPSA) is 95.0 Å². The van der Waals surface area contributed by atoms with E-state index >= 15 is 8.78 Å². The third kappa shape index (κ3) is 3.67. The van der Waals surface area contributed by atoms with Gasteiger partial charge in [0.15, 0.2) is 33.0 Å². The highest BCUT2D eigenvalue weighted by Crippen LogP contribution is 2.66. The van der Waals surface area contributed by atoms with Crippen molar-refractivity contribution in [1.82, 2.24) is 4.90 Å². The molecule has 44 heavy (non-hydrogen) atoms. The number of carbonyl (C=O) groups is 4. The summed E-state index contributed by atoms with van der Waals surface area (Å²) < 4.78 is 72.5. The Morgan fingerprint density at radius 1 is 0.818 bits per heavy atom. The molecular weight excluding hydrogens is 634 g/mol. The summed E-state index contributed by atoms with van der Waals surface area (Å²) in [4.78, 5) is 51.2. The number of benzene rings is 2. The molecule has 3 fully saturated rings. The number of anilines is 1. The van der Waals surface area contributed by atoms with Crippen molar-refractivity contribution in [1.29, 1.82) is 0 Å². The molecule has 6 unspecified atom stereocenters. The fourth-order valence-corrected chi connectivity index (χ4v) is 8.20. The van der Waals surface area contributed by atoms with E-state index in [0.29, 0.717) is 5.57 Å². The van der Waals surface area contributed by atoms with Crippen LogP contribution >= 0.6 is 23.2 Å². The van der Waals surface area contributed by atoms with Gasteiger partial charge in [-0.15, -0.1) is 23.2 Å². The quantitative estimate of drug-likeness (QED) is 0.116. The number of phenolic OH excluding ortho intramolecular Hbond substituents is 1. The van der Waals surface area contributed by atoms with Crippen molar-refractivity contribution in [2.75, 3.05) is 4.90 Å². The highest BCUT2D eigenvalue weighted by molar-refractivity contribution is 6.58. The number of halogens is 7. The standard InChI is InChI=1S/C30H23Cl2F5N2O5/c1-28(2,3)39-24(41)14-9-8-13-15(16(14)25(39)42)10-29(31)26(43)38(23-21(36)19(34)18(33)20(35)22(23)37)27(44)30(29,32)17(13)11-4-6-12(40)7-5-11/h4-8,14-17,40H,9-10H2,1-3H3. The zero-order chi connectivity index (χ0) is 32.4. The minimum Gasteiger partial charge on any atom is -0.508 e. The third-order valence-corrected chi connectivity index (χ3v) is 10.5. The zero-order valence-electron chi connectivity index (χ0n) is 23.2. The first-order chi connectivity index (χ1) is 20.4. The van der Waals surface area contributed by atoms with Crippen LogP contribution in [0.4, 0.5) is 27.6 Å². The maximum absolute atomic E-state index is 15.0. The molecule has 14 heteroatoms. The number of carbonyl (C=O) groups excluding carboxylic acids is 4. The fourth-order valence-electron chi connectivity index (χ4n) is 7.27. The van der Waals surface area contributed by atoms with Crippen LogP contribution in [0, 0.1) is 46.8 Å². The van der Waals surface area contributed by atoms with E-state index in [1.54, 1.807) is 26.8 Å². The molecule has 0 spiro atoms. The van der Waals surface area contributed by atoms with Crippen LogP contribution in [0.25, 0.3) is 0 Å². The molecule has 2 aromatic carbocycles. The van der Waals surface area contributed by atoms with Gasteiger partial charge in [-0.25, -0.2) is 26.9 Å². The Morgan fingerprint density at radius 2 is 1.36 bits per heavy atom. The molecule has 2 heterocycles. The maximum Gasteiger partial charge on any atom is 0.258 e. The molecule has 2 aliphatic heterocycles. The summed E-state index contributed by atoms with van der Waals surface area (Å²) in [6, 6.07) is 5.21. The van der Waals surface area contributed by atoms with Gasteiger partial charge in [-0.2, -0.15) is 0 Å². The Labute approximate surface area is 257 Å². The van der Waals surface area contributed by atoms with E-state index in [2.05, 4.69) is 0 Å². The summed E-state index contributed by atoms with van der Waals surface area (Å²) in [6.45, 7) is 5.01. The largest absolute Gasteiger partial charge is 0.508 e. The molecule has 2 aromatic rings. The van der Waals surface area contributed by atoms with E-state index in [1.165, 1.54) is 24.3 Å². The van der Waals surface area contributed by atoms with Gasteiger partial charge in [-0.1, -0.05) is 23.8 Å². The Balaban J connectivity index is 1.59. The number of likely N-dealkylation sites (tertiary alicyclic amines) is 1. The second kappa shape index (κ2) is 9.50. The molecule has 6 rings (SSSR count). The molecule has 1 saturated carbocycles. The average molecular weight is 657 g/mol. The van der Waals surface area contributed by atoms with Gasteiger partial charge < -0.3 is 5.11 Å². The van der Waals surface area contributed by atoms with Crippen LogP contribution in [0.5, 0.6) is 5.75 Å². The van der Waals surface area contributed by atoms with E-state index in [1.807, 2.05) is 0 Å². The summed E-state index contributed by atoms with van der Waals surface area (Å²) in [5, 5.41) is 9.93. The summed E-state index contributed by atoms with van der Waals surface area (Å²) in [5.41, 5.74) is -2.22. The first kappa shape index (κ1) is 30.5. The van der Waals surface area contributed by atoms with Gasteiger partial charge in [-0.05, 0) is 57.2 Å². The van der Waals surface area contributed by atoms with Crippen LogP contribution in [0.2, 0.25) is 0 Å². The van der Waals surface area contributed by atoms with Crippen molar-refractivity contribution in [2.24, 2.45) is 17.8 Å². The van der Waals surface area contributed by atoms with E-state index in [9.17, 15) is 37.5 Å². The molecular formula is C30H23Cl2F5N2O5. The fraction of sp³-hybridized carbons (Fsp3) is 0.400. The van der Waals surface area contributed by atoms with Crippen LogP contribution in [-0.4, -0.2) is 48.9 Å². The van der Waals surface area contributed by atoms with Crippen molar-refractivity contribution < 1.29 is 46.2 Å². The number of hydrogen-bond donors (Lipinski definition) is 1. The van der Waals surface area contributed by atoms with Crippen LogP contribution in [-0.2, 0) is 19.2 Å².